The number of pyridine rings is 1. The zero-order valence-electron chi connectivity index (χ0n) is 10.4. The van der Waals surface area contributed by atoms with Crippen LogP contribution in [0.2, 0.25) is 5.02 Å². The Morgan fingerprint density at radius 1 is 1.42 bits per heavy atom. The van der Waals surface area contributed by atoms with Crippen molar-refractivity contribution in [1.82, 2.24) is 4.98 Å². The molecular weight excluding hydrogens is 267 g/mol. The van der Waals surface area contributed by atoms with Gasteiger partial charge < -0.3 is 10.5 Å². The van der Waals surface area contributed by atoms with Crippen LogP contribution in [0.5, 0.6) is 5.88 Å². The van der Waals surface area contributed by atoms with Crippen LogP contribution in [0.3, 0.4) is 0 Å². The van der Waals surface area contributed by atoms with Crippen LogP contribution in [0.15, 0.2) is 36.5 Å². The first-order valence-corrected chi connectivity index (χ1v) is 6.18. The van der Waals surface area contributed by atoms with E-state index in [1.54, 1.807) is 12.3 Å². The summed E-state index contributed by atoms with van der Waals surface area (Å²) in [6.07, 6.45) is 2.04. The molecule has 19 heavy (non-hydrogen) atoms. The minimum atomic E-state index is -0.358. The van der Waals surface area contributed by atoms with Crippen molar-refractivity contribution in [3.05, 3.63) is 58.5 Å². The van der Waals surface area contributed by atoms with Crippen LogP contribution in [0, 0.1) is 5.82 Å². The summed E-state index contributed by atoms with van der Waals surface area (Å²) in [7, 11) is 1.54. The van der Waals surface area contributed by atoms with Gasteiger partial charge in [0.2, 0.25) is 5.88 Å². The maximum Gasteiger partial charge on any atom is 0.217 e. The Balaban J connectivity index is 2.25. The van der Waals surface area contributed by atoms with E-state index in [0.29, 0.717) is 22.9 Å². The summed E-state index contributed by atoms with van der Waals surface area (Å²) < 4.78 is 18.4. The zero-order valence-corrected chi connectivity index (χ0v) is 11.2. The van der Waals surface area contributed by atoms with Gasteiger partial charge in [-0.1, -0.05) is 17.7 Å². The van der Waals surface area contributed by atoms with Crippen molar-refractivity contribution in [1.29, 1.82) is 0 Å². The molecule has 2 N–H and O–H groups in total. The lowest BCUT2D eigenvalue weighted by Crippen LogP contribution is -2.15. The Morgan fingerprint density at radius 2 is 2.21 bits per heavy atom. The number of halogens is 2. The lowest BCUT2D eigenvalue weighted by Gasteiger charge is -2.15. The Bertz CT molecular complexity index is 577. The van der Waals surface area contributed by atoms with Crippen molar-refractivity contribution in [3.8, 4) is 5.88 Å². The minimum absolute atomic E-state index is 0.329. The zero-order chi connectivity index (χ0) is 13.8. The van der Waals surface area contributed by atoms with Gasteiger partial charge in [0.1, 0.15) is 5.82 Å². The number of ether oxygens (including phenoxy) is 1. The first-order chi connectivity index (χ1) is 9.11. The van der Waals surface area contributed by atoms with Gasteiger partial charge >= 0.3 is 0 Å². The second-order valence-electron chi connectivity index (χ2n) is 4.15. The normalized spacial score (nSPS) is 12.2. The Labute approximate surface area is 116 Å². The Kier molecular flexibility index (Phi) is 4.35. The van der Waals surface area contributed by atoms with Gasteiger partial charge in [-0.25, -0.2) is 9.37 Å². The molecule has 1 heterocycles. The third-order valence-corrected chi connectivity index (χ3v) is 3.21. The highest BCUT2D eigenvalue weighted by atomic mass is 35.5. The Hall–Kier alpha value is -1.65. The van der Waals surface area contributed by atoms with Crippen molar-refractivity contribution >= 4 is 11.6 Å². The molecule has 0 aliphatic rings. The van der Waals surface area contributed by atoms with Gasteiger partial charge in [-0.3, -0.25) is 0 Å². The molecule has 0 bridgehead atoms. The van der Waals surface area contributed by atoms with Crippen LogP contribution in [0.4, 0.5) is 4.39 Å². The molecule has 5 heteroatoms. The van der Waals surface area contributed by atoms with Gasteiger partial charge in [-0.15, -0.1) is 0 Å². The predicted octanol–water partition coefficient (Wildman–Crippen LogP) is 3.13. The largest absolute Gasteiger partial charge is 0.481 e. The first kappa shape index (κ1) is 13.8. The monoisotopic (exact) mass is 280 g/mol. The van der Waals surface area contributed by atoms with E-state index in [1.165, 1.54) is 25.3 Å². The average Bonchev–Trinajstić information content (AvgIpc) is 2.42. The fourth-order valence-electron chi connectivity index (χ4n) is 1.90. The van der Waals surface area contributed by atoms with Crippen LogP contribution in [0.25, 0.3) is 0 Å². The van der Waals surface area contributed by atoms with Gasteiger partial charge in [0.05, 0.1) is 7.11 Å². The van der Waals surface area contributed by atoms with Gasteiger partial charge in [-0.2, -0.15) is 0 Å². The third kappa shape index (κ3) is 3.22. The molecular formula is C14H14ClFN2O. The van der Waals surface area contributed by atoms with Crippen molar-refractivity contribution in [3.63, 3.8) is 0 Å². The second-order valence-corrected chi connectivity index (χ2v) is 4.56. The van der Waals surface area contributed by atoms with E-state index in [1.807, 2.05) is 6.07 Å². The van der Waals surface area contributed by atoms with E-state index in [0.717, 1.165) is 5.56 Å². The highest BCUT2D eigenvalue weighted by Crippen LogP contribution is 2.26. The van der Waals surface area contributed by atoms with E-state index >= 15 is 0 Å². The predicted molar refractivity (Wildman–Crippen MR) is 72.8 cm³/mol. The highest BCUT2D eigenvalue weighted by molar-refractivity contribution is 6.31. The average molecular weight is 281 g/mol. The molecule has 2 rings (SSSR count). The molecule has 0 amide bonds. The molecule has 0 spiro atoms. The summed E-state index contributed by atoms with van der Waals surface area (Å²) in [4.78, 5) is 4.09. The number of hydrogen-bond donors (Lipinski definition) is 1. The van der Waals surface area contributed by atoms with Crippen molar-refractivity contribution in [2.75, 3.05) is 7.11 Å². The number of nitrogens with zero attached hydrogens (tertiary/aromatic N) is 1. The van der Waals surface area contributed by atoms with Crippen LogP contribution >= 0.6 is 11.6 Å². The standard InChI is InChI=1S/C14H14ClFN2O/c1-19-14-11(3-2-6-18-14)13(17)8-9-7-10(16)4-5-12(9)15/h2-7,13H,8,17H2,1H3. The number of benzene rings is 1. The summed E-state index contributed by atoms with van der Waals surface area (Å²) in [5, 5.41) is 0.500. The molecule has 2 aromatic rings. The number of hydrogen-bond acceptors (Lipinski definition) is 3. The number of aromatic nitrogens is 1. The second kappa shape index (κ2) is 5.99. The van der Waals surface area contributed by atoms with Gasteiger partial charge in [0, 0.05) is 22.8 Å². The minimum Gasteiger partial charge on any atom is -0.481 e. The summed E-state index contributed by atoms with van der Waals surface area (Å²) in [6, 6.07) is 7.50. The first-order valence-electron chi connectivity index (χ1n) is 5.80. The van der Waals surface area contributed by atoms with E-state index in [9.17, 15) is 4.39 Å². The van der Waals surface area contributed by atoms with Gasteiger partial charge in [0.15, 0.2) is 0 Å². The number of nitrogens with two attached hydrogens (primary N) is 1. The van der Waals surface area contributed by atoms with E-state index in [4.69, 9.17) is 22.1 Å². The molecule has 1 unspecified atom stereocenters. The molecule has 0 aliphatic heterocycles. The van der Waals surface area contributed by atoms with Gasteiger partial charge in [-0.05, 0) is 36.2 Å². The molecule has 0 fully saturated rings. The molecule has 3 nitrogen and oxygen atoms in total. The fraction of sp³-hybridized carbons (Fsp3) is 0.214. The quantitative estimate of drug-likeness (QED) is 0.936. The smallest absolute Gasteiger partial charge is 0.217 e. The molecule has 1 atom stereocenters. The maximum absolute atomic E-state index is 13.2. The fourth-order valence-corrected chi connectivity index (χ4v) is 2.10. The van der Waals surface area contributed by atoms with E-state index in [2.05, 4.69) is 4.98 Å². The molecule has 1 aromatic carbocycles. The summed E-state index contributed by atoms with van der Waals surface area (Å²) in [6.45, 7) is 0. The van der Waals surface area contributed by atoms with E-state index < -0.39 is 0 Å². The lowest BCUT2D eigenvalue weighted by molar-refractivity contribution is 0.388. The van der Waals surface area contributed by atoms with Crippen LogP contribution < -0.4 is 10.5 Å². The number of rotatable bonds is 4. The molecule has 100 valence electrons. The van der Waals surface area contributed by atoms with Crippen LogP contribution in [-0.2, 0) is 6.42 Å². The molecule has 0 saturated carbocycles. The maximum atomic E-state index is 13.2. The molecule has 1 aromatic heterocycles. The third-order valence-electron chi connectivity index (χ3n) is 2.84. The number of methoxy groups -OCH3 is 1. The molecule has 0 radical (unpaired) electrons. The lowest BCUT2D eigenvalue weighted by atomic mass is 10.0. The topological polar surface area (TPSA) is 48.1 Å². The van der Waals surface area contributed by atoms with Crippen LogP contribution in [0.1, 0.15) is 17.2 Å². The SMILES string of the molecule is COc1ncccc1C(N)Cc1cc(F)ccc1Cl. The van der Waals surface area contributed by atoms with Crippen molar-refractivity contribution in [2.45, 2.75) is 12.5 Å². The van der Waals surface area contributed by atoms with Gasteiger partial charge in [0.25, 0.3) is 0 Å². The molecule has 0 saturated heterocycles. The van der Waals surface area contributed by atoms with Crippen molar-refractivity contribution in [2.24, 2.45) is 5.73 Å². The summed E-state index contributed by atoms with van der Waals surface area (Å²) >= 11 is 6.03. The van der Waals surface area contributed by atoms with Crippen LogP contribution in [-0.4, -0.2) is 12.1 Å². The Morgan fingerprint density at radius 3 is 2.95 bits per heavy atom. The summed E-state index contributed by atoms with van der Waals surface area (Å²) in [5.74, 6) is 0.146. The van der Waals surface area contributed by atoms with E-state index in [-0.39, 0.29) is 11.9 Å². The van der Waals surface area contributed by atoms with Crippen molar-refractivity contribution < 1.29 is 9.13 Å². The summed E-state index contributed by atoms with van der Waals surface area (Å²) in [5.41, 5.74) is 7.56. The molecule has 0 aliphatic carbocycles. The highest BCUT2D eigenvalue weighted by Gasteiger charge is 2.15.